The Morgan fingerprint density at radius 2 is 2.00 bits per heavy atom. The Morgan fingerprint density at radius 3 is 2.58 bits per heavy atom. The minimum absolute atomic E-state index is 0.119. The maximum Gasteiger partial charge on any atom is 0.253 e. The molecular formula is C15H18FN2O+. The molecule has 0 N–H and O–H groups in total. The molecule has 0 aliphatic rings. The molecule has 19 heavy (non-hydrogen) atoms. The number of nitrogens with zero attached hydrogens (tertiary/aromatic N) is 2. The van der Waals surface area contributed by atoms with Gasteiger partial charge in [-0.2, -0.15) is 0 Å². The zero-order chi connectivity index (χ0) is 13.8. The highest BCUT2D eigenvalue weighted by Gasteiger charge is 2.14. The van der Waals surface area contributed by atoms with E-state index in [9.17, 15) is 9.18 Å². The predicted octanol–water partition coefficient (Wildman–Crippen LogP) is 2.05. The minimum Gasteiger partial charge on any atom is -0.295 e. The Hall–Kier alpha value is -1.97. The van der Waals surface area contributed by atoms with Gasteiger partial charge in [0, 0.05) is 13.3 Å². The van der Waals surface area contributed by atoms with Gasteiger partial charge in [-0.3, -0.25) is 4.79 Å². The monoisotopic (exact) mass is 261 g/mol. The number of imidazole rings is 1. The van der Waals surface area contributed by atoms with Crippen molar-refractivity contribution in [3.8, 4) is 0 Å². The van der Waals surface area contributed by atoms with E-state index in [4.69, 9.17) is 0 Å². The topological polar surface area (TPSA) is 25.9 Å². The molecule has 3 nitrogen and oxygen atoms in total. The van der Waals surface area contributed by atoms with Gasteiger partial charge in [-0.25, -0.2) is 13.5 Å². The fourth-order valence-electron chi connectivity index (χ4n) is 2.12. The Balaban J connectivity index is 2.01. The Bertz CT molecular complexity index is 572. The molecule has 4 heteroatoms. The zero-order valence-corrected chi connectivity index (χ0v) is 11.3. The van der Waals surface area contributed by atoms with Crippen molar-refractivity contribution in [2.45, 2.75) is 33.4 Å². The van der Waals surface area contributed by atoms with Crippen LogP contribution in [0.15, 0.2) is 36.7 Å². The number of Topliss-reactive ketones (excluding diaryl/α,β-unsaturated/α-hetero) is 1. The lowest BCUT2D eigenvalue weighted by Crippen LogP contribution is -2.40. The molecule has 1 heterocycles. The molecule has 0 unspecified atom stereocenters. The van der Waals surface area contributed by atoms with Gasteiger partial charge in [0.1, 0.15) is 24.8 Å². The zero-order valence-electron chi connectivity index (χ0n) is 11.3. The molecule has 0 amide bonds. The summed E-state index contributed by atoms with van der Waals surface area (Å²) in [6.07, 6.45) is 4.23. The second kappa shape index (κ2) is 5.78. The Kier molecular flexibility index (Phi) is 4.10. The van der Waals surface area contributed by atoms with Gasteiger partial charge in [0.2, 0.25) is 0 Å². The van der Waals surface area contributed by atoms with Crippen LogP contribution in [0.4, 0.5) is 4.39 Å². The summed E-state index contributed by atoms with van der Waals surface area (Å²) < 4.78 is 16.8. The molecular weight excluding hydrogens is 243 g/mol. The number of benzene rings is 1. The second-order valence-corrected chi connectivity index (χ2v) is 4.60. The molecule has 1 aromatic heterocycles. The third-order valence-electron chi connectivity index (χ3n) is 3.26. The number of carbonyl (C=O) groups is 1. The third-order valence-corrected chi connectivity index (χ3v) is 3.26. The molecule has 0 atom stereocenters. The first-order chi connectivity index (χ1) is 9.10. The summed E-state index contributed by atoms with van der Waals surface area (Å²) in [5, 5.41) is 0. The summed E-state index contributed by atoms with van der Waals surface area (Å²) in [5.41, 5.74) is 0.847. The molecule has 2 rings (SSSR count). The number of hydrogen-bond donors (Lipinski definition) is 0. The van der Waals surface area contributed by atoms with Crippen molar-refractivity contribution >= 4 is 5.78 Å². The summed E-state index contributed by atoms with van der Waals surface area (Å²) in [4.78, 5) is 12.0. The quantitative estimate of drug-likeness (QED) is 0.756. The molecule has 100 valence electrons. The summed E-state index contributed by atoms with van der Waals surface area (Å²) in [7, 11) is 0. The van der Waals surface area contributed by atoms with Gasteiger partial charge in [0.05, 0.1) is 6.54 Å². The first-order valence-corrected chi connectivity index (χ1v) is 6.41. The largest absolute Gasteiger partial charge is 0.295 e. The molecule has 1 aromatic carbocycles. The van der Waals surface area contributed by atoms with Crippen LogP contribution in [-0.4, -0.2) is 10.4 Å². The smallest absolute Gasteiger partial charge is 0.253 e. The molecule has 0 saturated carbocycles. The van der Waals surface area contributed by atoms with Crippen LogP contribution in [0.25, 0.3) is 0 Å². The van der Waals surface area contributed by atoms with Crippen LogP contribution in [0.3, 0.4) is 0 Å². The maximum absolute atomic E-state index is 12.8. The highest BCUT2D eigenvalue weighted by atomic mass is 19.1. The molecule has 0 bridgehead atoms. The Labute approximate surface area is 112 Å². The van der Waals surface area contributed by atoms with E-state index in [1.54, 1.807) is 12.1 Å². The van der Waals surface area contributed by atoms with Gasteiger partial charge in [0.15, 0.2) is 5.78 Å². The van der Waals surface area contributed by atoms with Gasteiger partial charge in [-0.1, -0.05) is 12.1 Å². The van der Waals surface area contributed by atoms with Crippen LogP contribution >= 0.6 is 0 Å². The van der Waals surface area contributed by atoms with Crippen LogP contribution in [0, 0.1) is 12.7 Å². The van der Waals surface area contributed by atoms with Crippen molar-refractivity contribution < 1.29 is 13.8 Å². The highest BCUT2D eigenvalue weighted by molar-refractivity contribution is 5.79. The van der Waals surface area contributed by atoms with E-state index in [2.05, 4.69) is 11.5 Å². The maximum atomic E-state index is 12.8. The lowest BCUT2D eigenvalue weighted by atomic mass is 10.1. The second-order valence-electron chi connectivity index (χ2n) is 4.60. The van der Waals surface area contributed by atoms with Crippen LogP contribution in [0.5, 0.6) is 0 Å². The average Bonchev–Trinajstić information content (AvgIpc) is 2.73. The van der Waals surface area contributed by atoms with Gasteiger partial charge in [0.25, 0.3) is 5.82 Å². The van der Waals surface area contributed by atoms with Crippen LogP contribution < -0.4 is 4.57 Å². The predicted molar refractivity (Wildman–Crippen MR) is 70.1 cm³/mol. The minimum atomic E-state index is -0.276. The fraction of sp³-hybridized carbons (Fsp3) is 0.333. The van der Waals surface area contributed by atoms with Crippen molar-refractivity contribution in [3.63, 3.8) is 0 Å². The third kappa shape index (κ3) is 3.28. The van der Waals surface area contributed by atoms with Crippen molar-refractivity contribution in [2.24, 2.45) is 0 Å². The lowest BCUT2D eigenvalue weighted by molar-refractivity contribution is -0.689. The first kappa shape index (κ1) is 13.5. The Morgan fingerprint density at radius 1 is 1.32 bits per heavy atom. The van der Waals surface area contributed by atoms with E-state index in [0.717, 1.165) is 17.9 Å². The summed E-state index contributed by atoms with van der Waals surface area (Å²) >= 11 is 0. The van der Waals surface area contributed by atoms with Gasteiger partial charge < -0.3 is 0 Å². The highest BCUT2D eigenvalue weighted by Crippen LogP contribution is 2.04. The van der Waals surface area contributed by atoms with E-state index in [1.165, 1.54) is 12.1 Å². The van der Waals surface area contributed by atoms with Crippen molar-refractivity contribution in [1.29, 1.82) is 0 Å². The van der Waals surface area contributed by atoms with Gasteiger partial charge >= 0.3 is 0 Å². The molecule has 0 saturated heterocycles. The number of aryl methyl sites for hydroxylation is 1. The van der Waals surface area contributed by atoms with Crippen LogP contribution in [-0.2, 0) is 24.3 Å². The lowest BCUT2D eigenvalue weighted by Gasteiger charge is -2.01. The standard InChI is InChI=1S/C15H18FN2O/c1-3-17-8-9-18(12(17)2)11-15(19)10-13-4-6-14(16)7-5-13/h4-9H,3,10-11H2,1-2H3/q+1. The molecule has 0 aliphatic carbocycles. The van der Waals surface area contributed by atoms with Crippen molar-refractivity contribution in [1.82, 2.24) is 4.57 Å². The SMILES string of the molecule is CCn1cc[n+](CC(=O)Cc2ccc(F)cc2)c1C. The van der Waals surface area contributed by atoms with E-state index in [1.807, 2.05) is 23.9 Å². The molecule has 0 fully saturated rings. The summed E-state index contributed by atoms with van der Waals surface area (Å²) in [6.45, 7) is 5.31. The molecule has 0 spiro atoms. The van der Waals surface area contributed by atoms with Crippen LogP contribution in [0.1, 0.15) is 18.3 Å². The fourth-order valence-corrected chi connectivity index (χ4v) is 2.12. The van der Waals surface area contributed by atoms with Gasteiger partial charge in [-0.15, -0.1) is 0 Å². The first-order valence-electron chi connectivity index (χ1n) is 6.41. The van der Waals surface area contributed by atoms with Crippen LogP contribution in [0.2, 0.25) is 0 Å². The molecule has 0 aliphatic heterocycles. The molecule has 2 aromatic rings. The van der Waals surface area contributed by atoms with Gasteiger partial charge in [-0.05, 0) is 24.6 Å². The summed E-state index contributed by atoms with van der Waals surface area (Å²) in [5.74, 6) is 0.907. The van der Waals surface area contributed by atoms with Crippen molar-refractivity contribution in [3.05, 3.63) is 53.9 Å². The van der Waals surface area contributed by atoms with E-state index in [0.29, 0.717) is 13.0 Å². The normalized spacial score (nSPS) is 10.7. The number of ketones is 1. The number of aromatic nitrogens is 2. The number of rotatable bonds is 5. The average molecular weight is 261 g/mol. The number of carbonyl (C=O) groups excluding carboxylic acids is 1. The number of halogens is 1. The van der Waals surface area contributed by atoms with Crippen molar-refractivity contribution in [2.75, 3.05) is 0 Å². The number of hydrogen-bond acceptors (Lipinski definition) is 1. The van der Waals surface area contributed by atoms with E-state index >= 15 is 0 Å². The van der Waals surface area contributed by atoms with E-state index in [-0.39, 0.29) is 11.6 Å². The molecule has 0 radical (unpaired) electrons. The van der Waals surface area contributed by atoms with E-state index < -0.39 is 0 Å². The summed E-state index contributed by atoms with van der Waals surface area (Å²) in [6, 6.07) is 6.08.